The molecule has 2 amide bonds. The SMILES string of the molecule is CN1N=C(C(=O)NCCS(=O)(=O)NCc2ccccc2)CCC1=O. The van der Waals surface area contributed by atoms with Crippen molar-refractivity contribution in [2.75, 3.05) is 19.3 Å². The van der Waals surface area contributed by atoms with Crippen LogP contribution in [-0.4, -0.2) is 50.3 Å². The molecule has 130 valence electrons. The third kappa shape index (κ3) is 5.43. The number of hydrazone groups is 1. The maximum absolute atomic E-state index is 11.9. The number of nitrogens with zero attached hydrogens (tertiary/aromatic N) is 2. The van der Waals surface area contributed by atoms with Gasteiger partial charge in [0.25, 0.3) is 5.91 Å². The molecule has 0 aliphatic carbocycles. The minimum absolute atomic E-state index is 0.0281. The molecule has 0 saturated heterocycles. The van der Waals surface area contributed by atoms with Crippen molar-refractivity contribution in [2.45, 2.75) is 19.4 Å². The van der Waals surface area contributed by atoms with Crippen LogP contribution >= 0.6 is 0 Å². The van der Waals surface area contributed by atoms with Crippen LogP contribution in [0.3, 0.4) is 0 Å². The number of sulfonamides is 1. The van der Waals surface area contributed by atoms with Gasteiger partial charge in [-0.05, 0) is 5.56 Å². The van der Waals surface area contributed by atoms with Crippen LogP contribution in [-0.2, 0) is 26.2 Å². The van der Waals surface area contributed by atoms with E-state index in [1.165, 1.54) is 7.05 Å². The highest BCUT2D eigenvalue weighted by Crippen LogP contribution is 2.06. The lowest BCUT2D eigenvalue weighted by Crippen LogP contribution is -2.40. The Morgan fingerprint density at radius 1 is 1.25 bits per heavy atom. The minimum atomic E-state index is -3.49. The molecule has 8 nitrogen and oxygen atoms in total. The molecule has 1 aromatic carbocycles. The van der Waals surface area contributed by atoms with Gasteiger partial charge in [-0.3, -0.25) is 9.59 Å². The fourth-order valence-corrected chi connectivity index (χ4v) is 3.00. The molecule has 24 heavy (non-hydrogen) atoms. The number of benzene rings is 1. The van der Waals surface area contributed by atoms with Crippen LogP contribution < -0.4 is 10.0 Å². The topological polar surface area (TPSA) is 108 Å². The highest BCUT2D eigenvalue weighted by Gasteiger charge is 2.22. The summed E-state index contributed by atoms with van der Waals surface area (Å²) in [6.07, 6.45) is 0.480. The molecule has 0 bridgehead atoms. The highest BCUT2D eigenvalue weighted by atomic mass is 32.2. The van der Waals surface area contributed by atoms with Gasteiger partial charge in [0.2, 0.25) is 15.9 Å². The summed E-state index contributed by atoms with van der Waals surface area (Å²) in [4.78, 5) is 23.2. The Balaban J connectivity index is 1.77. The smallest absolute Gasteiger partial charge is 0.267 e. The zero-order valence-electron chi connectivity index (χ0n) is 13.4. The second-order valence-corrected chi connectivity index (χ2v) is 7.27. The molecule has 2 rings (SSSR count). The largest absolute Gasteiger partial charge is 0.350 e. The maximum Gasteiger partial charge on any atom is 0.267 e. The average molecular weight is 352 g/mol. The molecule has 9 heteroatoms. The molecule has 1 aliphatic heterocycles. The van der Waals surface area contributed by atoms with Gasteiger partial charge in [0, 0.05) is 33.0 Å². The number of hydrogen-bond donors (Lipinski definition) is 2. The van der Waals surface area contributed by atoms with Crippen LogP contribution in [0.1, 0.15) is 18.4 Å². The van der Waals surface area contributed by atoms with Crippen LogP contribution in [0.5, 0.6) is 0 Å². The van der Waals surface area contributed by atoms with E-state index in [0.29, 0.717) is 0 Å². The van der Waals surface area contributed by atoms with E-state index < -0.39 is 15.9 Å². The van der Waals surface area contributed by atoms with Crippen LogP contribution in [0.2, 0.25) is 0 Å². The lowest BCUT2D eigenvalue weighted by molar-refractivity contribution is -0.130. The Bertz CT molecular complexity index is 731. The first kappa shape index (κ1) is 18.1. The molecule has 0 radical (unpaired) electrons. The van der Waals surface area contributed by atoms with Crippen molar-refractivity contribution in [3.8, 4) is 0 Å². The molecule has 0 aromatic heterocycles. The lowest BCUT2D eigenvalue weighted by Gasteiger charge is -2.18. The first-order valence-electron chi connectivity index (χ1n) is 7.51. The summed E-state index contributed by atoms with van der Waals surface area (Å²) in [5.41, 5.74) is 1.08. The van der Waals surface area contributed by atoms with Gasteiger partial charge in [0.1, 0.15) is 5.71 Å². The Morgan fingerprint density at radius 3 is 2.62 bits per heavy atom. The third-order valence-electron chi connectivity index (χ3n) is 3.46. The molecule has 0 unspecified atom stereocenters. The van der Waals surface area contributed by atoms with Gasteiger partial charge in [-0.25, -0.2) is 18.1 Å². The normalized spacial score (nSPS) is 15.1. The van der Waals surface area contributed by atoms with Gasteiger partial charge in [-0.2, -0.15) is 5.10 Å². The predicted molar refractivity (Wildman–Crippen MR) is 89.5 cm³/mol. The molecule has 0 saturated carbocycles. The minimum Gasteiger partial charge on any atom is -0.350 e. The number of amides is 2. The first-order chi connectivity index (χ1) is 11.4. The first-order valence-corrected chi connectivity index (χ1v) is 9.16. The third-order valence-corrected chi connectivity index (χ3v) is 4.79. The van der Waals surface area contributed by atoms with Crippen molar-refractivity contribution < 1.29 is 18.0 Å². The Hall–Kier alpha value is -2.26. The van der Waals surface area contributed by atoms with Gasteiger partial charge in [0.05, 0.1) is 5.75 Å². The van der Waals surface area contributed by atoms with Crippen molar-refractivity contribution in [3.63, 3.8) is 0 Å². The van der Waals surface area contributed by atoms with E-state index in [0.717, 1.165) is 10.6 Å². The maximum atomic E-state index is 11.9. The van der Waals surface area contributed by atoms with Gasteiger partial charge in [-0.1, -0.05) is 30.3 Å². The Labute approximate surface area is 141 Å². The van der Waals surface area contributed by atoms with E-state index in [-0.39, 0.29) is 43.3 Å². The molecule has 1 heterocycles. The predicted octanol–water partition coefficient (Wildman–Crippen LogP) is -0.170. The van der Waals surface area contributed by atoms with Crippen LogP contribution in [0, 0.1) is 0 Å². The lowest BCUT2D eigenvalue weighted by atomic mass is 10.1. The molecule has 1 aromatic rings. The van der Waals surface area contributed by atoms with E-state index in [1.54, 1.807) is 0 Å². The van der Waals surface area contributed by atoms with Crippen LogP contribution in [0.25, 0.3) is 0 Å². The van der Waals surface area contributed by atoms with E-state index in [9.17, 15) is 18.0 Å². The summed E-state index contributed by atoms with van der Waals surface area (Å²) in [5, 5.41) is 7.51. The number of hydrogen-bond acceptors (Lipinski definition) is 5. The fraction of sp³-hybridized carbons (Fsp3) is 0.400. The summed E-state index contributed by atoms with van der Waals surface area (Å²) in [5.74, 6) is -0.833. The average Bonchev–Trinajstić information content (AvgIpc) is 2.56. The standard InChI is InChI=1S/C15H20N4O4S/c1-19-14(20)8-7-13(18-19)15(21)16-9-10-24(22,23)17-11-12-5-3-2-4-6-12/h2-6,17H,7-11H2,1H3,(H,16,21). The second-order valence-electron chi connectivity index (χ2n) is 5.35. The van der Waals surface area contributed by atoms with E-state index in [1.807, 2.05) is 30.3 Å². The zero-order valence-corrected chi connectivity index (χ0v) is 14.2. The molecular weight excluding hydrogens is 332 g/mol. The Morgan fingerprint density at radius 2 is 1.96 bits per heavy atom. The van der Waals surface area contributed by atoms with Crippen molar-refractivity contribution in [3.05, 3.63) is 35.9 Å². The number of rotatable bonds is 7. The quantitative estimate of drug-likeness (QED) is 0.710. The highest BCUT2D eigenvalue weighted by molar-refractivity contribution is 7.89. The molecule has 2 N–H and O–H groups in total. The van der Waals surface area contributed by atoms with Gasteiger partial charge >= 0.3 is 0 Å². The summed E-state index contributed by atoms with van der Waals surface area (Å²) in [7, 11) is -2.02. The Kier molecular flexibility index (Phi) is 6.04. The molecule has 0 fully saturated rings. The van der Waals surface area contributed by atoms with E-state index in [4.69, 9.17) is 0 Å². The molecule has 0 spiro atoms. The number of carbonyl (C=O) groups is 2. The summed E-state index contributed by atoms with van der Waals surface area (Å²) >= 11 is 0. The number of carbonyl (C=O) groups excluding carboxylic acids is 2. The van der Waals surface area contributed by atoms with Gasteiger partial charge < -0.3 is 5.32 Å². The van der Waals surface area contributed by atoms with E-state index >= 15 is 0 Å². The van der Waals surface area contributed by atoms with Crippen LogP contribution in [0.15, 0.2) is 35.4 Å². The van der Waals surface area contributed by atoms with Gasteiger partial charge in [0.15, 0.2) is 0 Å². The van der Waals surface area contributed by atoms with Gasteiger partial charge in [-0.15, -0.1) is 0 Å². The van der Waals surface area contributed by atoms with Crippen LogP contribution in [0.4, 0.5) is 0 Å². The van der Waals surface area contributed by atoms with Crippen molar-refractivity contribution >= 4 is 27.5 Å². The monoisotopic (exact) mass is 352 g/mol. The van der Waals surface area contributed by atoms with Crippen molar-refractivity contribution in [1.82, 2.24) is 15.0 Å². The number of nitrogens with one attached hydrogen (secondary N) is 2. The fourth-order valence-electron chi connectivity index (χ4n) is 2.10. The zero-order chi connectivity index (χ0) is 17.6. The summed E-state index contributed by atoms with van der Waals surface area (Å²) < 4.78 is 26.3. The summed E-state index contributed by atoms with van der Waals surface area (Å²) in [6.45, 7) is 0.177. The second kappa shape index (κ2) is 8.02. The molecule has 1 aliphatic rings. The van der Waals surface area contributed by atoms with E-state index in [2.05, 4.69) is 15.1 Å². The molecular formula is C15H20N4O4S. The van der Waals surface area contributed by atoms with Crippen molar-refractivity contribution in [1.29, 1.82) is 0 Å². The van der Waals surface area contributed by atoms with Crippen molar-refractivity contribution in [2.24, 2.45) is 5.10 Å². The summed E-state index contributed by atoms with van der Waals surface area (Å²) in [6, 6.07) is 9.16. The molecule has 0 atom stereocenters.